The number of carboxylic acid groups (broad SMARTS) is 2. The SMILES string of the molecule is CCCCCSc1sc(-c2ccc(-c3ccnc(-c4cc(C(=O)O)cc(C5=NC=CC(C)(C(=O)O)C5)n4)c3)s2)c2c1OCCCO2. The molecule has 0 bridgehead atoms. The fourth-order valence-electron chi connectivity index (χ4n) is 5.14. The molecule has 12 heteroatoms. The summed E-state index contributed by atoms with van der Waals surface area (Å²) >= 11 is 5.20. The Hall–Kier alpha value is -4.00. The topological polar surface area (TPSA) is 131 Å². The van der Waals surface area contributed by atoms with Crippen molar-refractivity contribution in [2.75, 3.05) is 19.0 Å². The Bertz CT molecular complexity index is 1850. The molecule has 238 valence electrons. The Morgan fingerprint density at radius 2 is 1.76 bits per heavy atom. The van der Waals surface area contributed by atoms with Crippen LogP contribution >= 0.6 is 34.4 Å². The summed E-state index contributed by atoms with van der Waals surface area (Å²) in [5, 5.41) is 19.6. The van der Waals surface area contributed by atoms with Crippen LogP contribution in [0.2, 0.25) is 0 Å². The smallest absolute Gasteiger partial charge is 0.335 e. The first-order chi connectivity index (χ1) is 22.3. The number of hydrogen-bond donors (Lipinski definition) is 2. The van der Waals surface area contributed by atoms with E-state index in [0.29, 0.717) is 36.0 Å². The number of nitrogens with zero attached hydrogens (tertiary/aromatic N) is 3. The number of unbranched alkanes of at least 4 members (excludes halogenated alkanes) is 2. The number of aliphatic carboxylic acids is 1. The lowest BCUT2D eigenvalue weighted by atomic mass is 9.82. The molecule has 0 amide bonds. The third kappa shape index (κ3) is 6.74. The highest BCUT2D eigenvalue weighted by Gasteiger charge is 2.35. The number of aromatic nitrogens is 2. The third-order valence-corrected chi connectivity index (χ3v) is 11.6. The molecule has 0 fully saturated rings. The quantitative estimate of drug-likeness (QED) is 0.119. The molecule has 4 aromatic heterocycles. The van der Waals surface area contributed by atoms with Gasteiger partial charge in [-0.25, -0.2) is 9.78 Å². The van der Waals surface area contributed by atoms with Gasteiger partial charge in [-0.2, -0.15) is 0 Å². The number of pyridine rings is 2. The molecule has 4 aromatic rings. The number of aliphatic imine (C=N–C) groups is 1. The minimum atomic E-state index is -1.17. The van der Waals surface area contributed by atoms with Crippen LogP contribution in [-0.2, 0) is 4.79 Å². The Kier molecular flexibility index (Phi) is 9.57. The average Bonchev–Trinajstić information content (AvgIpc) is 3.60. The van der Waals surface area contributed by atoms with Crippen LogP contribution in [0.3, 0.4) is 0 Å². The van der Waals surface area contributed by atoms with Gasteiger partial charge in [0.2, 0.25) is 0 Å². The van der Waals surface area contributed by atoms with E-state index in [1.54, 1.807) is 35.8 Å². The highest BCUT2D eigenvalue weighted by atomic mass is 32.2. The summed E-state index contributed by atoms with van der Waals surface area (Å²) in [6.07, 6.45) is 9.13. The second-order valence-electron chi connectivity index (χ2n) is 11.3. The van der Waals surface area contributed by atoms with E-state index >= 15 is 0 Å². The van der Waals surface area contributed by atoms with Gasteiger partial charge in [0.25, 0.3) is 0 Å². The Labute approximate surface area is 279 Å². The lowest BCUT2D eigenvalue weighted by molar-refractivity contribution is -0.144. The fourth-order valence-corrected chi connectivity index (χ4v) is 8.72. The van der Waals surface area contributed by atoms with Gasteiger partial charge < -0.3 is 19.7 Å². The molecule has 0 spiro atoms. The van der Waals surface area contributed by atoms with Gasteiger partial charge in [-0.05, 0) is 67.1 Å². The summed E-state index contributed by atoms with van der Waals surface area (Å²) < 4.78 is 13.5. The molecule has 6 heterocycles. The van der Waals surface area contributed by atoms with E-state index in [9.17, 15) is 19.8 Å². The summed E-state index contributed by atoms with van der Waals surface area (Å²) in [7, 11) is 0. The van der Waals surface area contributed by atoms with Crippen LogP contribution < -0.4 is 9.47 Å². The van der Waals surface area contributed by atoms with Crippen molar-refractivity contribution < 1.29 is 29.3 Å². The van der Waals surface area contributed by atoms with E-state index in [1.165, 1.54) is 37.3 Å². The Balaban J connectivity index is 1.32. The summed E-state index contributed by atoms with van der Waals surface area (Å²) in [6.45, 7) is 5.07. The van der Waals surface area contributed by atoms with Crippen molar-refractivity contribution in [2.24, 2.45) is 10.4 Å². The summed E-state index contributed by atoms with van der Waals surface area (Å²) in [4.78, 5) is 40.7. The lowest BCUT2D eigenvalue weighted by Gasteiger charge is -2.24. The van der Waals surface area contributed by atoms with Crippen molar-refractivity contribution in [3.63, 3.8) is 0 Å². The first-order valence-corrected chi connectivity index (χ1v) is 17.7. The standard InChI is InChI=1S/C34H33N3O6S3/c1-3-4-5-15-44-32-29-28(42-13-6-14-43-29)30(46-32)27-8-7-26(45-27)20-9-11-35-22(16-20)23-17-21(31(38)39)18-24(37-23)25-19-34(2,33(40)41)10-12-36-25/h7-12,16-18H,3-6,13-15,19H2,1-2H3,(H,38,39)(H,40,41). The van der Waals surface area contributed by atoms with E-state index in [-0.39, 0.29) is 12.0 Å². The molecule has 0 radical (unpaired) electrons. The van der Waals surface area contributed by atoms with E-state index in [0.717, 1.165) is 54.5 Å². The highest BCUT2D eigenvalue weighted by Crippen LogP contribution is 2.54. The molecule has 2 aliphatic heterocycles. The van der Waals surface area contributed by atoms with Crippen molar-refractivity contribution >= 4 is 52.1 Å². The number of rotatable bonds is 11. The van der Waals surface area contributed by atoms with Gasteiger partial charge in [-0.3, -0.25) is 14.8 Å². The maximum atomic E-state index is 12.1. The molecule has 0 aliphatic carbocycles. The van der Waals surface area contributed by atoms with Gasteiger partial charge in [-0.1, -0.05) is 19.8 Å². The Morgan fingerprint density at radius 1 is 0.978 bits per heavy atom. The van der Waals surface area contributed by atoms with Gasteiger partial charge in [0.1, 0.15) is 4.21 Å². The predicted octanol–water partition coefficient (Wildman–Crippen LogP) is 8.54. The van der Waals surface area contributed by atoms with Crippen molar-refractivity contribution in [1.29, 1.82) is 0 Å². The average molecular weight is 676 g/mol. The molecule has 2 N–H and O–H groups in total. The number of fused-ring (bicyclic) bond motifs is 1. The van der Waals surface area contributed by atoms with Crippen molar-refractivity contribution in [2.45, 2.75) is 50.2 Å². The van der Waals surface area contributed by atoms with E-state index in [1.807, 2.05) is 23.9 Å². The molecule has 0 saturated carbocycles. The monoisotopic (exact) mass is 675 g/mol. The van der Waals surface area contributed by atoms with Gasteiger partial charge in [0.05, 0.1) is 51.9 Å². The molecule has 1 unspecified atom stereocenters. The fraction of sp³-hybridized carbons (Fsp3) is 0.324. The van der Waals surface area contributed by atoms with Gasteiger partial charge in [-0.15, -0.1) is 34.4 Å². The number of ether oxygens (including phenoxy) is 2. The number of thiophene rings is 2. The van der Waals surface area contributed by atoms with E-state index in [2.05, 4.69) is 29.0 Å². The first kappa shape index (κ1) is 32.0. The molecule has 46 heavy (non-hydrogen) atoms. The summed E-state index contributed by atoms with van der Waals surface area (Å²) in [5.74, 6) is 0.616. The molecular formula is C34H33N3O6S3. The van der Waals surface area contributed by atoms with Crippen LogP contribution in [0.4, 0.5) is 0 Å². The summed E-state index contributed by atoms with van der Waals surface area (Å²) in [6, 6.07) is 10.9. The van der Waals surface area contributed by atoms with Crippen LogP contribution in [0, 0.1) is 5.41 Å². The zero-order valence-corrected chi connectivity index (χ0v) is 27.9. The van der Waals surface area contributed by atoms with Gasteiger partial charge in [0, 0.05) is 35.0 Å². The predicted molar refractivity (Wildman–Crippen MR) is 183 cm³/mol. The van der Waals surface area contributed by atoms with E-state index in [4.69, 9.17) is 14.5 Å². The van der Waals surface area contributed by atoms with Crippen molar-refractivity contribution in [3.05, 3.63) is 66.1 Å². The minimum absolute atomic E-state index is 0.0175. The molecule has 0 aromatic carbocycles. The Morgan fingerprint density at radius 3 is 2.54 bits per heavy atom. The van der Waals surface area contributed by atoms with Crippen LogP contribution in [-0.4, -0.2) is 56.8 Å². The number of carbonyl (C=O) groups is 2. The number of hydrogen-bond acceptors (Lipinski definition) is 10. The zero-order valence-electron chi connectivity index (χ0n) is 25.4. The highest BCUT2D eigenvalue weighted by molar-refractivity contribution is 8.01. The molecule has 1 atom stereocenters. The second-order valence-corrected chi connectivity index (χ2v) is 14.8. The zero-order chi connectivity index (χ0) is 32.3. The number of thioether (sulfide) groups is 1. The maximum Gasteiger partial charge on any atom is 0.335 e. The first-order valence-electron chi connectivity index (χ1n) is 15.1. The minimum Gasteiger partial charge on any atom is -0.488 e. The van der Waals surface area contributed by atoms with Crippen LogP contribution in [0.1, 0.15) is 62.0 Å². The lowest BCUT2D eigenvalue weighted by Crippen LogP contribution is -2.30. The van der Waals surface area contributed by atoms with Crippen LogP contribution in [0.15, 0.2) is 64.1 Å². The molecule has 0 saturated heterocycles. The largest absolute Gasteiger partial charge is 0.488 e. The molecule has 9 nitrogen and oxygen atoms in total. The number of carboxylic acids is 2. The normalized spacial score (nSPS) is 17.4. The number of aromatic carboxylic acids is 1. The summed E-state index contributed by atoms with van der Waals surface area (Å²) in [5.41, 5.74) is 1.33. The molecule has 2 aliphatic rings. The third-order valence-electron chi connectivity index (χ3n) is 7.76. The van der Waals surface area contributed by atoms with Gasteiger partial charge in [0.15, 0.2) is 11.5 Å². The van der Waals surface area contributed by atoms with Crippen LogP contribution in [0.5, 0.6) is 11.5 Å². The molecule has 6 rings (SSSR count). The van der Waals surface area contributed by atoms with Crippen molar-refractivity contribution in [3.8, 4) is 43.1 Å². The van der Waals surface area contributed by atoms with Crippen molar-refractivity contribution in [1.82, 2.24) is 9.97 Å². The van der Waals surface area contributed by atoms with Crippen LogP contribution in [0.25, 0.3) is 31.6 Å². The van der Waals surface area contributed by atoms with E-state index < -0.39 is 17.4 Å². The maximum absolute atomic E-state index is 12.1. The molecular weight excluding hydrogens is 643 g/mol. The second kappa shape index (κ2) is 13.8. The van der Waals surface area contributed by atoms with Gasteiger partial charge >= 0.3 is 11.9 Å².